The molecule has 10 rings (SSSR count). The van der Waals surface area contributed by atoms with Gasteiger partial charge in [0.25, 0.3) is 11.4 Å². The molecule has 0 amide bonds. The molecule has 2 atom stereocenters. The van der Waals surface area contributed by atoms with Gasteiger partial charge in [-0.3, -0.25) is 20.2 Å². The number of fused-ring (bicyclic) bond motifs is 9. The van der Waals surface area contributed by atoms with E-state index >= 15 is 0 Å². The van der Waals surface area contributed by atoms with E-state index in [0.29, 0.717) is 0 Å². The Kier molecular flexibility index (Phi) is 6.10. The fourth-order valence-corrected chi connectivity index (χ4v) is 8.25. The summed E-state index contributed by atoms with van der Waals surface area (Å²) in [5, 5.41) is 27.3. The van der Waals surface area contributed by atoms with Gasteiger partial charge in [-0.25, -0.2) is 0 Å². The molecule has 9 nitrogen and oxygen atoms in total. The highest BCUT2D eigenvalue weighted by atomic mass is 16.6. The molecule has 0 saturated heterocycles. The second-order valence-electron chi connectivity index (χ2n) is 13.0. The van der Waals surface area contributed by atoms with Gasteiger partial charge in [0.15, 0.2) is 0 Å². The zero-order chi connectivity index (χ0) is 34.4. The number of hydrogen-bond donors (Lipinski definition) is 0. The van der Waals surface area contributed by atoms with Crippen molar-refractivity contribution in [2.24, 2.45) is 0 Å². The SMILES string of the molecule is O=[N+]([O-])C1=CC2c3ccccc3N(c3ccc4c(c3)c3cc(-n5c6ccccc6c6cc([N+](=O)[O-])ccc65)ccc3n4-c3ccccc3)C2C=C1. The number of nitrogens with zero attached hydrogens (tertiary/aromatic N) is 5. The summed E-state index contributed by atoms with van der Waals surface area (Å²) >= 11 is 0. The van der Waals surface area contributed by atoms with Gasteiger partial charge in [0.05, 0.1) is 38.0 Å². The zero-order valence-corrected chi connectivity index (χ0v) is 27.0. The largest absolute Gasteiger partial charge is 0.333 e. The van der Waals surface area contributed by atoms with Crippen LogP contribution >= 0.6 is 0 Å². The van der Waals surface area contributed by atoms with Crippen LogP contribution in [0.25, 0.3) is 55.0 Å². The number of benzene rings is 6. The Morgan fingerprint density at radius 2 is 1.14 bits per heavy atom. The van der Waals surface area contributed by atoms with Crippen LogP contribution in [0.15, 0.2) is 157 Å². The van der Waals surface area contributed by atoms with Crippen molar-refractivity contribution >= 4 is 60.7 Å². The average molecular weight is 666 g/mol. The molecular formula is C42H27N5O4. The van der Waals surface area contributed by atoms with Gasteiger partial charge in [0.2, 0.25) is 0 Å². The molecule has 3 heterocycles. The highest BCUT2D eigenvalue weighted by Gasteiger charge is 2.40. The third-order valence-electron chi connectivity index (χ3n) is 10.4. The average Bonchev–Trinajstić information content (AvgIpc) is 3.79. The molecule has 0 fully saturated rings. The summed E-state index contributed by atoms with van der Waals surface area (Å²) in [7, 11) is 0. The summed E-state index contributed by atoms with van der Waals surface area (Å²) in [5.41, 5.74) is 9.19. The number of non-ortho nitro benzene ring substituents is 1. The monoisotopic (exact) mass is 665 g/mol. The highest BCUT2D eigenvalue weighted by Crippen LogP contribution is 2.49. The van der Waals surface area contributed by atoms with E-state index in [4.69, 9.17) is 0 Å². The van der Waals surface area contributed by atoms with Gasteiger partial charge in [-0.1, -0.05) is 60.7 Å². The Hall–Kier alpha value is -7.00. The van der Waals surface area contributed by atoms with E-state index in [0.717, 1.165) is 71.9 Å². The van der Waals surface area contributed by atoms with Crippen molar-refractivity contribution in [1.82, 2.24) is 9.13 Å². The minimum atomic E-state index is -0.352. The summed E-state index contributed by atoms with van der Waals surface area (Å²) in [6, 6.07) is 44.4. The van der Waals surface area contributed by atoms with E-state index < -0.39 is 0 Å². The standard InChI is InChI=1S/C42H27N5O4/c48-46(49)29-16-20-39-33(24-29)31-10-4-6-12-37(31)44(39)27-14-18-41-35(22-27)36-23-28(15-19-42(36)43(41)26-8-2-1-3-9-26)45-38-13-7-5-11-32(38)34-25-30(47(50)51)17-21-40(34)45/h1-25,33,39H. The lowest BCUT2D eigenvalue weighted by molar-refractivity contribution is -0.419. The van der Waals surface area contributed by atoms with E-state index in [-0.39, 0.29) is 33.2 Å². The molecule has 0 N–H and O–H groups in total. The highest BCUT2D eigenvalue weighted by molar-refractivity contribution is 6.13. The molecule has 0 spiro atoms. The van der Waals surface area contributed by atoms with E-state index in [9.17, 15) is 20.2 Å². The predicted octanol–water partition coefficient (Wildman–Crippen LogP) is 10.1. The fourth-order valence-electron chi connectivity index (χ4n) is 8.25. The van der Waals surface area contributed by atoms with Crippen LogP contribution in [0, 0.1) is 20.2 Å². The quantitative estimate of drug-likeness (QED) is 0.135. The van der Waals surface area contributed by atoms with Crippen LogP contribution in [0.5, 0.6) is 0 Å². The number of hydrogen-bond acceptors (Lipinski definition) is 5. The maximum Gasteiger partial charge on any atom is 0.270 e. The molecule has 0 bridgehead atoms. The first-order valence-corrected chi connectivity index (χ1v) is 16.7. The lowest BCUT2D eigenvalue weighted by atomic mass is 9.90. The number of rotatable bonds is 5. The molecule has 9 heteroatoms. The van der Waals surface area contributed by atoms with Gasteiger partial charge < -0.3 is 14.0 Å². The summed E-state index contributed by atoms with van der Waals surface area (Å²) in [6.45, 7) is 0. The van der Waals surface area contributed by atoms with Crippen molar-refractivity contribution in [3.05, 3.63) is 183 Å². The topological polar surface area (TPSA) is 99.4 Å². The van der Waals surface area contributed by atoms with Crippen molar-refractivity contribution < 1.29 is 9.85 Å². The Labute approximate surface area is 290 Å². The van der Waals surface area contributed by atoms with Gasteiger partial charge in [-0.15, -0.1) is 0 Å². The summed E-state index contributed by atoms with van der Waals surface area (Å²) in [4.78, 5) is 25.1. The number of para-hydroxylation sites is 3. The van der Waals surface area contributed by atoms with Crippen molar-refractivity contribution in [2.75, 3.05) is 4.90 Å². The first kappa shape index (κ1) is 29.0. The molecule has 0 saturated carbocycles. The van der Waals surface area contributed by atoms with E-state index in [1.165, 1.54) is 0 Å². The molecular weight excluding hydrogens is 638 g/mol. The zero-order valence-electron chi connectivity index (χ0n) is 27.0. The van der Waals surface area contributed by atoms with Crippen LogP contribution in [0.1, 0.15) is 11.5 Å². The van der Waals surface area contributed by atoms with Gasteiger partial charge in [0.1, 0.15) is 0 Å². The lowest BCUT2D eigenvalue weighted by Crippen LogP contribution is -2.29. The maximum atomic E-state index is 11.7. The molecule has 51 heavy (non-hydrogen) atoms. The molecule has 2 aliphatic rings. The Morgan fingerprint density at radius 3 is 1.90 bits per heavy atom. The third kappa shape index (κ3) is 4.21. The molecule has 0 radical (unpaired) electrons. The maximum absolute atomic E-state index is 11.7. The van der Waals surface area contributed by atoms with Crippen LogP contribution in [0.3, 0.4) is 0 Å². The second kappa shape index (κ2) is 10.8. The number of nitro groups is 2. The van der Waals surface area contributed by atoms with Crippen molar-refractivity contribution in [2.45, 2.75) is 12.0 Å². The molecule has 6 aromatic carbocycles. The van der Waals surface area contributed by atoms with Gasteiger partial charge in [0, 0.05) is 74.5 Å². The number of aromatic nitrogens is 2. The number of nitro benzene ring substituents is 1. The molecule has 1 aliphatic carbocycles. The smallest absolute Gasteiger partial charge is 0.270 e. The Morgan fingerprint density at radius 1 is 0.529 bits per heavy atom. The fraction of sp³-hybridized carbons (Fsp3) is 0.0476. The van der Waals surface area contributed by atoms with E-state index in [1.54, 1.807) is 24.3 Å². The van der Waals surface area contributed by atoms with Crippen LogP contribution in [0.2, 0.25) is 0 Å². The molecule has 8 aromatic rings. The second-order valence-corrected chi connectivity index (χ2v) is 13.0. The van der Waals surface area contributed by atoms with Gasteiger partial charge in [-0.05, 0) is 72.3 Å². The van der Waals surface area contributed by atoms with Crippen molar-refractivity contribution in [1.29, 1.82) is 0 Å². The number of anilines is 2. The van der Waals surface area contributed by atoms with Crippen LogP contribution < -0.4 is 4.90 Å². The van der Waals surface area contributed by atoms with Crippen LogP contribution in [-0.2, 0) is 0 Å². The normalized spacial score (nSPS) is 16.5. The molecule has 2 aromatic heterocycles. The minimum absolute atomic E-state index is 0.0583. The van der Waals surface area contributed by atoms with Crippen molar-refractivity contribution in [3.8, 4) is 11.4 Å². The molecule has 1 aliphatic heterocycles. The van der Waals surface area contributed by atoms with Gasteiger partial charge >= 0.3 is 0 Å². The van der Waals surface area contributed by atoms with Crippen molar-refractivity contribution in [3.63, 3.8) is 0 Å². The molecule has 244 valence electrons. The minimum Gasteiger partial charge on any atom is -0.333 e. The first-order chi connectivity index (χ1) is 25.0. The molecule has 2 unspecified atom stereocenters. The van der Waals surface area contributed by atoms with Gasteiger partial charge in [-0.2, -0.15) is 0 Å². The Bertz CT molecular complexity index is 2850. The van der Waals surface area contributed by atoms with Crippen LogP contribution in [-0.4, -0.2) is 25.0 Å². The van der Waals surface area contributed by atoms with E-state index in [1.807, 2.05) is 60.7 Å². The van der Waals surface area contributed by atoms with Crippen LogP contribution in [0.4, 0.5) is 17.1 Å². The summed E-state index contributed by atoms with van der Waals surface area (Å²) in [5.74, 6) is -0.148. The summed E-state index contributed by atoms with van der Waals surface area (Å²) < 4.78 is 4.46. The third-order valence-corrected chi connectivity index (χ3v) is 10.4. The Balaban J connectivity index is 1.22. The number of allylic oxidation sites excluding steroid dienone is 1. The predicted molar refractivity (Wildman–Crippen MR) is 201 cm³/mol. The lowest BCUT2D eigenvalue weighted by Gasteiger charge is -2.28. The summed E-state index contributed by atoms with van der Waals surface area (Å²) in [6.07, 6.45) is 5.34. The van der Waals surface area contributed by atoms with E-state index in [2.05, 4.69) is 80.8 Å². The first-order valence-electron chi connectivity index (χ1n) is 16.7.